The molecule has 1 unspecified atom stereocenters. The molecule has 7 heteroatoms. The summed E-state index contributed by atoms with van der Waals surface area (Å²) in [6.45, 7) is 4.35. The number of aryl methyl sites for hydroxylation is 1. The fraction of sp³-hybridized carbons (Fsp3) is 0.286. The molecule has 5 nitrogen and oxygen atoms in total. The number of nitrogens with zero attached hydrogens (tertiary/aromatic N) is 1. The zero-order valence-corrected chi connectivity index (χ0v) is 21.6. The van der Waals surface area contributed by atoms with E-state index >= 15 is 0 Å². The zero-order chi connectivity index (χ0) is 25.2. The molecule has 0 aliphatic rings. The van der Waals surface area contributed by atoms with Gasteiger partial charge in [0, 0.05) is 24.0 Å². The summed E-state index contributed by atoms with van der Waals surface area (Å²) in [4.78, 5) is 28.3. The van der Waals surface area contributed by atoms with Crippen LogP contribution in [0.4, 0.5) is 4.39 Å². The number of halogens is 2. The third kappa shape index (κ3) is 7.92. The van der Waals surface area contributed by atoms with Gasteiger partial charge in [-0.3, -0.25) is 9.59 Å². The Hall–Kier alpha value is -3.19. The minimum Gasteiger partial charge on any atom is -0.484 e. The smallest absolute Gasteiger partial charge is 0.261 e. The molecular formula is C28H30BrFN2O3. The molecule has 3 rings (SSSR count). The van der Waals surface area contributed by atoms with Crippen molar-refractivity contribution in [1.82, 2.24) is 10.2 Å². The number of carbonyl (C=O) groups excluding carboxylic acids is 2. The lowest BCUT2D eigenvalue weighted by Gasteiger charge is -2.31. The average molecular weight is 541 g/mol. The Morgan fingerprint density at radius 3 is 2.40 bits per heavy atom. The molecule has 1 atom stereocenters. The predicted molar refractivity (Wildman–Crippen MR) is 139 cm³/mol. The summed E-state index contributed by atoms with van der Waals surface area (Å²) in [5.41, 5.74) is 2.64. The van der Waals surface area contributed by atoms with Crippen molar-refractivity contribution in [3.63, 3.8) is 0 Å². The lowest BCUT2D eigenvalue weighted by Crippen LogP contribution is -2.51. The van der Waals surface area contributed by atoms with Gasteiger partial charge in [-0.25, -0.2) is 4.39 Å². The van der Waals surface area contributed by atoms with Gasteiger partial charge in [0.25, 0.3) is 5.91 Å². The van der Waals surface area contributed by atoms with Crippen LogP contribution in [-0.4, -0.2) is 35.9 Å². The Kier molecular flexibility index (Phi) is 9.85. The van der Waals surface area contributed by atoms with Gasteiger partial charge in [0.2, 0.25) is 5.91 Å². The van der Waals surface area contributed by atoms with Gasteiger partial charge in [0.15, 0.2) is 6.61 Å². The summed E-state index contributed by atoms with van der Waals surface area (Å²) in [5, 5.41) is 2.93. The van der Waals surface area contributed by atoms with E-state index in [9.17, 15) is 14.0 Å². The second-order valence-corrected chi connectivity index (χ2v) is 9.20. The maximum Gasteiger partial charge on any atom is 0.261 e. The SMILES string of the molecule is CCCNC(=O)C(Cc1ccccc1)N(Cc1ccc(F)cc1)C(=O)COc1ccc(Br)c(C)c1. The number of carbonyl (C=O) groups is 2. The first-order chi connectivity index (χ1) is 16.9. The van der Waals surface area contributed by atoms with E-state index in [4.69, 9.17) is 4.74 Å². The molecule has 0 spiro atoms. The van der Waals surface area contributed by atoms with E-state index in [1.807, 2.05) is 56.3 Å². The number of amides is 2. The summed E-state index contributed by atoms with van der Waals surface area (Å²) in [6, 6.07) is 20.3. The Bertz CT molecular complexity index is 1120. The second kappa shape index (κ2) is 13.0. The number of nitrogens with one attached hydrogen (secondary N) is 1. The van der Waals surface area contributed by atoms with Crippen molar-refractivity contribution in [3.05, 3.63) is 99.8 Å². The Morgan fingerprint density at radius 2 is 1.74 bits per heavy atom. The summed E-state index contributed by atoms with van der Waals surface area (Å²) in [6.07, 6.45) is 1.13. The van der Waals surface area contributed by atoms with Crippen LogP contribution in [-0.2, 0) is 22.6 Å². The Balaban J connectivity index is 1.88. The number of ether oxygens (including phenoxy) is 1. The van der Waals surface area contributed by atoms with Gasteiger partial charge in [-0.05, 0) is 60.4 Å². The molecule has 0 saturated carbocycles. The van der Waals surface area contributed by atoms with E-state index in [1.165, 1.54) is 17.0 Å². The standard InChI is InChI=1S/C28H30BrFN2O3/c1-3-15-31-28(34)26(17-21-7-5-4-6-8-21)32(18-22-9-11-23(30)12-10-22)27(33)19-35-24-13-14-25(29)20(2)16-24/h4-14,16,26H,3,15,17-19H2,1-2H3,(H,31,34). The van der Waals surface area contributed by atoms with E-state index in [0.717, 1.165) is 27.6 Å². The molecule has 0 radical (unpaired) electrons. The molecular weight excluding hydrogens is 511 g/mol. The van der Waals surface area contributed by atoms with Crippen molar-refractivity contribution < 1.29 is 18.7 Å². The van der Waals surface area contributed by atoms with Crippen LogP contribution >= 0.6 is 15.9 Å². The summed E-state index contributed by atoms with van der Waals surface area (Å²) < 4.78 is 20.2. The molecule has 0 fully saturated rings. The average Bonchev–Trinajstić information content (AvgIpc) is 2.87. The van der Waals surface area contributed by atoms with Crippen molar-refractivity contribution in [2.45, 2.75) is 39.3 Å². The minimum absolute atomic E-state index is 0.152. The van der Waals surface area contributed by atoms with Gasteiger partial charge in [0.05, 0.1) is 0 Å². The van der Waals surface area contributed by atoms with Crippen LogP contribution in [0.25, 0.3) is 0 Å². The third-order valence-corrected chi connectivity index (χ3v) is 6.47. The first-order valence-corrected chi connectivity index (χ1v) is 12.4. The van der Waals surface area contributed by atoms with Gasteiger partial charge in [-0.15, -0.1) is 0 Å². The highest BCUT2D eigenvalue weighted by molar-refractivity contribution is 9.10. The molecule has 2 amide bonds. The fourth-order valence-corrected chi connectivity index (χ4v) is 3.89. The van der Waals surface area contributed by atoms with Crippen molar-refractivity contribution in [3.8, 4) is 5.75 Å². The normalized spacial score (nSPS) is 11.5. The number of hydrogen-bond acceptors (Lipinski definition) is 3. The summed E-state index contributed by atoms with van der Waals surface area (Å²) in [5.74, 6) is -0.356. The molecule has 0 heterocycles. The molecule has 0 saturated heterocycles. The summed E-state index contributed by atoms with van der Waals surface area (Å²) in [7, 11) is 0. The van der Waals surface area contributed by atoms with Gasteiger partial charge >= 0.3 is 0 Å². The molecule has 0 aromatic heterocycles. The predicted octanol–water partition coefficient (Wildman–Crippen LogP) is 5.44. The summed E-state index contributed by atoms with van der Waals surface area (Å²) >= 11 is 3.46. The Morgan fingerprint density at radius 1 is 1.03 bits per heavy atom. The van der Waals surface area contributed by atoms with Crippen LogP contribution in [0.2, 0.25) is 0 Å². The molecule has 0 aliphatic heterocycles. The van der Waals surface area contributed by atoms with Gasteiger partial charge < -0.3 is 15.0 Å². The van der Waals surface area contributed by atoms with E-state index < -0.39 is 6.04 Å². The van der Waals surface area contributed by atoms with Crippen molar-refractivity contribution in [1.29, 1.82) is 0 Å². The third-order valence-electron chi connectivity index (χ3n) is 5.58. The van der Waals surface area contributed by atoms with Crippen molar-refractivity contribution >= 4 is 27.7 Å². The number of benzene rings is 3. The van der Waals surface area contributed by atoms with E-state index in [-0.39, 0.29) is 30.8 Å². The number of rotatable bonds is 11. The molecule has 3 aromatic rings. The highest BCUT2D eigenvalue weighted by atomic mass is 79.9. The lowest BCUT2D eigenvalue weighted by molar-refractivity contribution is -0.142. The molecule has 184 valence electrons. The van der Waals surface area contributed by atoms with Gasteiger partial charge in [0.1, 0.15) is 17.6 Å². The van der Waals surface area contributed by atoms with E-state index in [2.05, 4.69) is 21.2 Å². The van der Waals surface area contributed by atoms with Crippen molar-refractivity contribution in [2.75, 3.05) is 13.2 Å². The fourth-order valence-electron chi connectivity index (χ4n) is 3.64. The first kappa shape index (κ1) is 26.4. The molecule has 1 N–H and O–H groups in total. The quantitative estimate of drug-likeness (QED) is 0.352. The van der Waals surface area contributed by atoms with E-state index in [1.54, 1.807) is 18.2 Å². The molecule has 0 bridgehead atoms. The van der Waals surface area contributed by atoms with E-state index in [0.29, 0.717) is 18.7 Å². The molecule has 0 aliphatic carbocycles. The largest absolute Gasteiger partial charge is 0.484 e. The number of hydrogen-bond donors (Lipinski definition) is 1. The molecule has 35 heavy (non-hydrogen) atoms. The topological polar surface area (TPSA) is 58.6 Å². The monoisotopic (exact) mass is 540 g/mol. The maximum atomic E-state index is 13.5. The maximum absolute atomic E-state index is 13.5. The van der Waals surface area contributed by atoms with Crippen LogP contribution in [0, 0.1) is 12.7 Å². The second-order valence-electron chi connectivity index (χ2n) is 8.34. The van der Waals surface area contributed by atoms with Crippen LogP contribution in [0.15, 0.2) is 77.3 Å². The van der Waals surface area contributed by atoms with Gasteiger partial charge in [-0.2, -0.15) is 0 Å². The molecule has 3 aromatic carbocycles. The van der Waals surface area contributed by atoms with Crippen LogP contribution in [0.1, 0.15) is 30.0 Å². The van der Waals surface area contributed by atoms with Crippen LogP contribution in [0.5, 0.6) is 5.75 Å². The highest BCUT2D eigenvalue weighted by Crippen LogP contribution is 2.22. The lowest BCUT2D eigenvalue weighted by atomic mass is 10.0. The van der Waals surface area contributed by atoms with Crippen molar-refractivity contribution in [2.24, 2.45) is 0 Å². The first-order valence-electron chi connectivity index (χ1n) is 11.6. The van der Waals surface area contributed by atoms with Crippen LogP contribution in [0.3, 0.4) is 0 Å². The zero-order valence-electron chi connectivity index (χ0n) is 20.0. The minimum atomic E-state index is -0.753. The highest BCUT2D eigenvalue weighted by Gasteiger charge is 2.30. The van der Waals surface area contributed by atoms with Crippen LogP contribution < -0.4 is 10.1 Å². The van der Waals surface area contributed by atoms with Gasteiger partial charge in [-0.1, -0.05) is 65.3 Å². The Labute approximate surface area is 214 Å².